The normalized spacial score (nSPS) is 17.7. The van der Waals surface area contributed by atoms with Crippen LogP contribution in [0.1, 0.15) is 29.0 Å². The van der Waals surface area contributed by atoms with Gasteiger partial charge in [-0.05, 0) is 66.1 Å². The monoisotopic (exact) mass is 240 g/mol. The Hall–Kier alpha value is -1.96. The van der Waals surface area contributed by atoms with Crippen LogP contribution in [-0.2, 0) is 12.8 Å². The minimum Gasteiger partial charge on any atom is -0.508 e. The van der Waals surface area contributed by atoms with E-state index in [0.717, 1.165) is 19.3 Å². The van der Waals surface area contributed by atoms with Gasteiger partial charge in [0.15, 0.2) is 0 Å². The van der Waals surface area contributed by atoms with Crippen molar-refractivity contribution < 1.29 is 10.2 Å². The molecule has 2 N–H and O–H groups in total. The van der Waals surface area contributed by atoms with E-state index >= 15 is 0 Å². The lowest BCUT2D eigenvalue weighted by Gasteiger charge is -2.11. The van der Waals surface area contributed by atoms with Crippen molar-refractivity contribution >= 4 is 0 Å². The summed E-state index contributed by atoms with van der Waals surface area (Å²) in [6, 6.07) is 13.1. The molecule has 92 valence electrons. The van der Waals surface area contributed by atoms with Crippen LogP contribution in [0.4, 0.5) is 0 Å². The van der Waals surface area contributed by atoms with Gasteiger partial charge in [-0.15, -0.1) is 0 Å². The summed E-state index contributed by atoms with van der Waals surface area (Å²) in [5.41, 5.74) is 3.89. The summed E-state index contributed by atoms with van der Waals surface area (Å²) in [4.78, 5) is 0. The van der Waals surface area contributed by atoms with Crippen molar-refractivity contribution in [2.45, 2.75) is 25.2 Å². The number of hydrogen-bond donors (Lipinski definition) is 2. The van der Waals surface area contributed by atoms with Gasteiger partial charge in [0.25, 0.3) is 0 Å². The average Bonchev–Trinajstić information content (AvgIpc) is 2.74. The highest BCUT2D eigenvalue weighted by molar-refractivity contribution is 5.41. The second-order valence-corrected chi connectivity index (χ2v) is 4.99. The molecule has 2 heteroatoms. The Kier molecular flexibility index (Phi) is 2.71. The van der Waals surface area contributed by atoms with Crippen molar-refractivity contribution in [2.24, 2.45) is 0 Å². The highest BCUT2D eigenvalue weighted by Gasteiger charge is 2.22. The zero-order valence-corrected chi connectivity index (χ0v) is 10.1. The van der Waals surface area contributed by atoms with Gasteiger partial charge >= 0.3 is 0 Å². The lowest BCUT2D eigenvalue weighted by Crippen LogP contribution is -1.98. The predicted octanol–water partition coefficient (Wildman–Crippen LogP) is 3.37. The molecule has 3 rings (SSSR count). The van der Waals surface area contributed by atoms with Crippen LogP contribution in [0.3, 0.4) is 0 Å². The molecule has 1 aliphatic carbocycles. The number of rotatable bonds is 2. The molecular formula is C16H16O2. The van der Waals surface area contributed by atoms with Gasteiger partial charge in [-0.3, -0.25) is 0 Å². The average molecular weight is 240 g/mol. The molecule has 0 aliphatic heterocycles. The fourth-order valence-electron chi connectivity index (χ4n) is 2.82. The Morgan fingerprint density at radius 1 is 0.944 bits per heavy atom. The third-order valence-electron chi connectivity index (χ3n) is 3.75. The van der Waals surface area contributed by atoms with Gasteiger partial charge in [-0.1, -0.05) is 18.2 Å². The molecule has 0 amide bonds. The van der Waals surface area contributed by atoms with E-state index in [9.17, 15) is 10.2 Å². The molecule has 0 unspecified atom stereocenters. The van der Waals surface area contributed by atoms with Crippen molar-refractivity contribution in [1.82, 2.24) is 0 Å². The van der Waals surface area contributed by atoms with Gasteiger partial charge < -0.3 is 10.2 Å². The zero-order chi connectivity index (χ0) is 12.5. The molecule has 18 heavy (non-hydrogen) atoms. The predicted molar refractivity (Wildman–Crippen MR) is 71.0 cm³/mol. The van der Waals surface area contributed by atoms with Crippen LogP contribution < -0.4 is 0 Å². The summed E-state index contributed by atoms with van der Waals surface area (Å²) in [6.45, 7) is 0. The van der Waals surface area contributed by atoms with Crippen LogP contribution in [0.5, 0.6) is 11.5 Å². The number of benzene rings is 2. The topological polar surface area (TPSA) is 40.5 Å². The Morgan fingerprint density at radius 2 is 1.67 bits per heavy atom. The van der Waals surface area contributed by atoms with Gasteiger partial charge in [0.1, 0.15) is 11.5 Å². The van der Waals surface area contributed by atoms with Gasteiger partial charge in [0.05, 0.1) is 0 Å². The lowest BCUT2D eigenvalue weighted by molar-refractivity contribution is 0.474. The molecule has 2 aromatic rings. The second-order valence-electron chi connectivity index (χ2n) is 4.99. The van der Waals surface area contributed by atoms with E-state index < -0.39 is 0 Å². The third kappa shape index (κ3) is 2.06. The highest BCUT2D eigenvalue weighted by Crippen LogP contribution is 2.37. The van der Waals surface area contributed by atoms with E-state index in [2.05, 4.69) is 0 Å². The number of hydrogen-bond acceptors (Lipinski definition) is 2. The van der Waals surface area contributed by atoms with Crippen molar-refractivity contribution in [3.8, 4) is 11.5 Å². The van der Waals surface area contributed by atoms with Crippen LogP contribution in [0.15, 0.2) is 42.5 Å². The first kappa shape index (κ1) is 11.1. The van der Waals surface area contributed by atoms with E-state index in [1.807, 2.05) is 24.3 Å². The number of fused-ring (bicyclic) bond motifs is 1. The molecule has 0 saturated heterocycles. The molecule has 0 fully saturated rings. The summed E-state index contributed by atoms with van der Waals surface area (Å²) >= 11 is 0. The summed E-state index contributed by atoms with van der Waals surface area (Å²) in [5, 5.41) is 18.8. The fourth-order valence-corrected chi connectivity index (χ4v) is 2.82. The van der Waals surface area contributed by atoms with E-state index in [1.165, 1.54) is 16.7 Å². The molecule has 0 bridgehead atoms. The summed E-state index contributed by atoms with van der Waals surface area (Å²) in [5.74, 6) is 1.21. The van der Waals surface area contributed by atoms with E-state index in [1.54, 1.807) is 18.2 Å². The molecule has 2 aromatic carbocycles. The Labute approximate surface area is 107 Å². The van der Waals surface area contributed by atoms with Gasteiger partial charge in [-0.25, -0.2) is 0 Å². The first-order valence-electron chi connectivity index (χ1n) is 6.32. The van der Waals surface area contributed by atoms with Crippen LogP contribution in [0, 0.1) is 0 Å². The SMILES string of the molecule is Oc1ccc(C[C@@H]2CCc3cc(O)ccc32)cc1. The molecule has 0 saturated carbocycles. The molecule has 2 nitrogen and oxygen atoms in total. The lowest BCUT2D eigenvalue weighted by atomic mass is 9.93. The summed E-state index contributed by atoms with van der Waals surface area (Å²) in [7, 11) is 0. The van der Waals surface area contributed by atoms with Gasteiger partial charge in [0.2, 0.25) is 0 Å². The minimum atomic E-state index is 0.315. The van der Waals surface area contributed by atoms with E-state index in [4.69, 9.17) is 0 Å². The number of aryl methyl sites for hydroxylation is 1. The number of aromatic hydroxyl groups is 2. The molecular weight excluding hydrogens is 224 g/mol. The molecule has 0 spiro atoms. The minimum absolute atomic E-state index is 0.315. The number of phenols is 2. The maximum Gasteiger partial charge on any atom is 0.115 e. The van der Waals surface area contributed by atoms with Crippen molar-refractivity contribution in [3.05, 3.63) is 59.2 Å². The molecule has 1 aliphatic rings. The first-order valence-corrected chi connectivity index (χ1v) is 6.32. The van der Waals surface area contributed by atoms with Crippen LogP contribution in [0.2, 0.25) is 0 Å². The summed E-state index contributed by atoms with van der Waals surface area (Å²) in [6.07, 6.45) is 3.18. The molecule has 1 atom stereocenters. The van der Waals surface area contributed by atoms with Crippen LogP contribution in [-0.4, -0.2) is 10.2 Å². The first-order chi connectivity index (χ1) is 8.72. The van der Waals surface area contributed by atoms with Crippen LogP contribution >= 0.6 is 0 Å². The quantitative estimate of drug-likeness (QED) is 0.845. The molecule has 0 aromatic heterocycles. The van der Waals surface area contributed by atoms with Gasteiger partial charge in [0, 0.05) is 0 Å². The number of phenolic OH excluding ortho intramolecular Hbond substituents is 2. The molecule has 0 heterocycles. The molecule has 0 radical (unpaired) electrons. The van der Waals surface area contributed by atoms with Crippen molar-refractivity contribution in [3.63, 3.8) is 0 Å². The standard InChI is InChI=1S/C16H16O2/c17-14-5-1-11(2-6-14)9-12-3-4-13-10-15(18)7-8-16(12)13/h1-2,5-8,10,12,17-18H,3-4,9H2/t12-/m0/s1. The maximum absolute atomic E-state index is 9.48. The zero-order valence-electron chi connectivity index (χ0n) is 10.1. The van der Waals surface area contributed by atoms with Crippen molar-refractivity contribution in [2.75, 3.05) is 0 Å². The fraction of sp³-hybridized carbons (Fsp3) is 0.250. The Bertz CT molecular complexity index is 558. The Balaban J connectivity index is 1.82. The largest absolute Gasteiger partial charge is 0.508 e. The van der Waals surface area contributed by atoms with Gasteiger partial charge in [-0.2, -0.15) is 0 Å². The smallest absolute Gasteiger partial charge is 0.115 e. The van der Waals surface area contributed by atoms with Crippen molar-refractivity contribution in [1.29, 1.82) is 0 Å². The second kappa shape index (κ2) is 4.37. The van der Waals surface area contributed by atoms with E-state index in [-0.39, 0.29) is 0 Å². The maximum atomic E-state index is 9.48. The summed E-state index contributed by atoms with van der Waals surface area (Å²) < 4.78 is 0. The Morgan fingerprint density at radius 3 is 2.44 bits per heavy atom. The van der Waals surface area contributed by atoms with E-state index in [0.29, 0.717) is 17.4 Å². The highest BCUT2D eigenvalue weighted by atomic mass is 16.3. The third-order valence-corrected chi connectivity index (χ3v) is 3.75. The van der Waals surface area contributed by atoms with Crippen LogP contribution in [0.25, 0.3) is 0 Å².